The Morgan fingerprint density at radius 3 is 2.56 bits per heavy atom. The van der Waals surface area contributed by atoms with Crippen LogP contribution in [0.1, 0.15) is 39.5 Å². The molecule has 0 unspecified atom stereocenters. The number of anilines is 1. The van der Waals surface area contributed by atoms with Crippen molar-refractivity contribution < 1.29 is 4.79 Å². The molecule has 1 amide bonds. The summed E-state index contributed by atoms with van der Waals surface area (Å²) in [7, 11) is 0. The van der Waals surface area contributed by atoms with Crippen LogP contribution in [0.5, 0.6) is 0 Å². The monoisotopic (exact) mass is 287 g/mol. The Hall–Kier alpha value is -0.730. The van der Waals surface area contributed by atoms with Crippen LogP contribution in [0, 0.1) is 5.92 Å². The minimum atomic E-state index is 0.0596. The molecule has 0 spiro atoms. The summed E-state index contributed by atoms with van der Waals surface area (Å²) in [5, 5.41) is 3.84. The number of rotatable bonds is 6. The van der Waals surface area contributed by atoms with Gasteiger partial charge in [-0.3, -0.25) is 4.79 Å². The Balaban J connectivity index is 2.64. The quantitative estimate of drug-likeness (QED) is 0.770. The molecular weight excluding hydrogens is 269 g/mol. The average molecular weight is 288 g/mol. The van der Waals surface area contributed by atoms with Crippen LogP contribution >= 0.6 is 23.2 Å². The van der Waals surface area contributed by atoms with Gasteiger partial charge in [0.05, 0.1) is 10.0 Å². The molecule has 0 aliphatic heterocycles. The number of unbranched alkanes of at least 4 members (excludes halogenated alkanes) is 1. The highest BCUT2D eigenvalue weighted by atomic mass is 35.5. The molecule has 0 fully saturated rings. The lowest BCUT2D eigenvalue weighted by Crippen LogP contribution is -2.22. The SMILES string of the molecule is CCCC[C@@H](CC)C(=O)Nc1ccc(Cl)c(Cl)c1. The second-order valence-corrected chi connectivity index (χ2v) is 5.18. The summed E-state index contributed by atoms with van der Waals surface area (Å²) in [5.41, 5.74) is 0.698. The molecule has 1 aromatic rings. The molecule has 0 heterocycles. The molecule has 0 aliphatic rings. The van der Waals surface area contributed by atoms with Gasteiger partial charge in [-0.15, -0.1) is 0 Å². The first-order valence-corrected chi connectivity index (χ1v) is 7.10. The number of amides is 1. The maximum absolute atomic E-state index is 12.1. The zero-order chi connectivity index (χ0) is 13.5. The predicted octanol–water partition coefficient (Wildman–Crippen LogP) is 5.15. The van der Waals surface area contributed by atoms with Gasteiger partial charge in [-0.05, 0) is 31.0 Å². The van der Waals surface area contributed by atoms with Gasteiger partial charge in [0.2, 0.25) is 5.91 Å². The number of carbonyl (C=O) groups excluding carboxylic acids is 1. The molecule has 0 saturated heterocycles. The minimum absolute atomic E-state index is 0.0596. The van der Waals surface area contributed by atoms with E-state index in [1.54, 1.807) is 18.2 Å². The van der Waals surface area contributed by atoms with Crippen molar-refractivity contribution in [3.8, 4) is 0 Å². The summed E-state index contributed by atoms with van der Waals surface area (Å²) in [5.74, 6) is 0.128. The van der Waals surface area contributed by atoms with Gasteiger partial charge in [-0.2, -0.15) is 0 Å². The predicted molar refractivity (Wildman–Crippen MR) is 78.4 cm³/mol. The first kappa shape index (κ1) is 15.3. The van der Waals surface area contributed by atoms with Gasteiger partial charge in [0.15, 0.2) is 0 Å². The fourth-order valence-corrected chi connectivity index (χ4v) is 2.09. The van der Waals surface area contributed by atoms with Crippen LogP contribution < -0.4 is 5.32 Å². The first-order chi connectivity index (χ1) is 8.58. The van der Waals surface area contributed by atoms with Gasteiger partial charge in [-0.1, -0.05) is 49.9 Å². The van der Waals surface area contributed by atoms with Crippen molar-refractivity contribution in [2.45, 2.75) is 39.5 Å². The highest BCUT2D eigenvalue weighted by molar-refractivity contribution is 6.42. The van der Waals surface area contributed by atoms with Crippen molar-refractivity contribution in [2.75, 3.05) is 5.32 Å². The van der Waals surface area contributed by atoms with Crippen molar-refractivity contribution in [3.63, 3.8) is 0 Å². The van der Waals surface area contributed by atoms with Crippen molar-refractivity contribution in [2.24, 2.45) is 5.92 Å². The third-order valence-corrected chi connectivity index (χ3v) is 3.70. The largest absolute Gasteiger partial charge is 0.326 e. The number of benzene rings is 1. The smallest absolute Gasteiger partial charge is 0.227 e. The van der Waals surface area contributed by atoms with E-state index in [9.17, 15) is 4.79 Å². The van der Waals surface area contributed by atoms with Crippen LogP contribution in [-0.2, 0) is 4.79 Å². The van der Waals surface area contributed by atoms with E-state index in [1.807, 2.05) is 6.92 Å². The Morgan fingerprint density at radius 2 is 2.00 bits per heavy atom. The van der Waals surface area contributed by atoms with Crippen LogP contribution in [0.15, 0.2) is 18.2 Å². The molecule has 1 N–H and O–H groups in total. The maximum Gasteiger partial charge on any atom is 0.227 e. The van der Waals surface area contributed by atoms with Gasteiger partial charge in [0.25, 0.3) is 0 Å². The standard InChI is InChI=1S/C14H19Cl2NO/c1-3-5-6-10(4-2)14(18)17-11-7-8-12(15)13(16)9-11/h7-10H,3-6H2,1-2H3,(H,17,18)/t10-/m1/s1. The fraction of sp³-hybridized carbons (Fsp3) is 0.500. The van der Waals surface area contributed by atoms with Gasteiger partial charge in [-0.25, -0.2) is 0 Å². The number of hydrogen-bond donors (Lipinski definition) is 1. The van der Waals surface area contributed by atoms with E-state index in [-0.39, 0.29) is 11.8 Å². The molecule has 2 nitrogen and oxygen atoms in total. The summed E-state index contributed by atoms with van der Waals surface area (Å²) >= 11 is 11.7. The number of carbonyl (C=O) groups is 1. The van der Waals surface area contributed by atoms with Crippen LogP contribution in [0.2, 0.25) is 10.0 Å². The Morgan fingerprint density at radius 1 is 1.28 bits per heavy atom. The van der Waals surface area contributed by atoms with E-state index in [0.717, 1.165) is 25.7 Å². The normalized spacial score (nSPS) is 12.2. The van der Waals surface area contributed by atoms with E-state index < -0.39 is 0 Å². The van der Waals surface area contributed by atoms with E-state index in [1.165, 1.54) is 0 Å². The summed E-state index contributed by atoms with van der Waals surface area (Å²) in [6.45, 7) is 4.17. The summed E-state index contributed by atoms with van der Waals surface area (Å²) in [6.07, 6.45) is 3.97. The van der Waals surface area contributed by atoms with Crippen molar-refractivity contribution >= 4 is 34.8 Å². The molecule has 4 heteroatoms. The van der Waals surface area contributed by atoms with Crippen molar-refractivity contribution in [1.82, 2.24) is 0 Å². The van der Waals surface area contributed by atoms with Gasteiger partial charge < -0.3 is 5.32 Å². The number of hydrogen-bond acceptors (Lipinski definition) is 1. The molecule has 18 heavy (non-hydrogen) atoms. The van der Waals surface area contributed by atoms with Crippen LogP contribution in [0.3, 0.4) is 0 Å². The van der Waals surface area contributed by atoms with Gasteiger partial charge in [0, 0.05) is 11.6 Å². The summed E-state index contributed by atoms with van der Waals surface area (Å²) in [4.78, 5) is 12.1. The lowest BCUT2D eigenvalue weighted by Gasteiger charge is -2.14. The Labute approximate surface area is 119 Å². The molecular formula is C14H19Cl2NO. The fourth-order valence-electron chi connectivity index (χ4n) is 1.79. The molecule has 0 aliphatic carbocycles. The van der Waals surface area contributed by atoms with E-state index >= 15 is 0 Å². The first-order valence-electron chi connectivity index (χ1n) is 6.34. The zero-order valence-electron chi connectivity index (χ0n) is 10.8. The maximum atomic E-state index is 12.1. The Kier molecular flexibility index (Phi) is 6.51. The third kappa shape index (κ3) is 4.51. The van der Waals surface area contributed by atoms with E-state index in [4.69, 9.17) is 23.2 Å². The van der Waals surface area contributed by atoms with E-state index in [2.05, 4.69) is 12.2 Å². The van der Waals surface area contributed by atoms with Gasteiger partial charge >= 0.3 is 0 Å². The topological polar surface area (TPSA) is 29.1 Å². The number of halogens is 2. The molecule has 0 radical (unpaired) electrons. The molecule has 1 rings (SSSR count). The highest BCUT2D eigenvalue weighted by Gasteiger charge is 2.16. The molecule has 0 bridgehead atoms. The number of nitrogens with one attached hydrogen (secondary N) is 1. The molecule has 1 aromatic carbocycles. The molecule has 0 aromatic heterocycles. The van der Waals surface area contributed by atoms with Crippen LogP contribution in [0.4, 0.5) is 5.69 Å². The summed E-state index contributed by atoms with van der Waals surface area (Å²) in [6, 6.07) is 5.12. The third-order valence-electron chi connectivity index (χ3n) is 2.96. The molecule has 100 valence electrons. The highest BCUT2D eigenvalue weighted by Crippen LogP contribution is 2.25. The van der Waals surface area contributed by atoms with Crippen LogP contribution in [-0.4, -0.2) is 5.91 Å². The molecule has 0 saturated carbocycles. The molecule has 1 atom stereocenters. The average Bonchev–Trinajstić information content (AvgIpc) is 2.35. The summed E-state index contributed by atoms with van der Waals surface area (Å²) < 4.78 is 0. The van der Waals surface area contributed by atoms with Crippen LogP contribution in [0.25, 0.3) is 0 Å². The van der Waals surface area contributed by atoms with Crippen molar-refractivity contribution in [3.05, 3.63) is 28.2 Å². The second kappa shape index (κ2) is 7.65. The van der Waals surface area contributed by atoms with E-state index in [0.29, 0.717) is 15.7 Å². The van der Waals surface area contributed by atoms with Gasteiger partial charge in [0.1, 0.15) is 0 Å². The Bertz CT molecular complexity index is 407. The lowest BCUT2D eigenvalue weighted by atomic mass is 9.98. The minimum Gasteiger partial charge on any atom is -0.326 e. The second-order valence-electron chi connectivity index (χ2n) is 4.37. The van der Waals surface area contributed by atoms with Crippen molar-refractivity contribution in [1.29, 1.82) is 0 Å². The lowest BCUT2D eigenvalue weighted by molar-refractivity contribution is -0.120. The zero-order valence-corrected chi connectivity index (χ0v) is 12.3.